The molecule has 2 saturated carbocycles. The normalized spacial score (nSPS) is 27.2. The standard InChI is InChI=1S/C21H35BFN3O4P2/c1-13(26-10-18(25-12-26)14-6-16(7-14)29-20(2,22)23)4-5-24-19(27)11-28-15-8-17(9-15)30-21(3,31)32/h10,12,14-17H,1,4-9,11,22,31-32H2,2-3H3,(H,24,27). The number of carbonyl (C=O) groups is 1. The summed E-state index contributed by atoms with van der Waals surface area (Å²) >= 11 is 0. The number of halogens is 1. The van der Waals surface area contributed by atoms with Crippen molar-refractivity contribution in [3.8, 4) is 0 Å². The molecule has 1 aromatic heterocycles. The highest BCUT2D eigenvalue weighted by atomic mass is 31.1. The molecule has 178 valence electrons. The zero-order valence-electron chi connectivity index (χ0n) is 19.2. The van der Waals surface area contributed by atoms with Crippen LogP contribution in [0, 0.1) is 0 Å². The molecule has 7 nitrogen and oxygen atoms in total. The molecule has 32 heavy (non-hydrogen) atoms. The molecule has 3 unspecified atom stereocenters. The molecule has 3 atom stereocenters. The van der Waals surface area contributed by atoms with Crippen molar-refractivity contribution in [1.82, 2.24) is 14.9 Å². The Hall–Kier alpha value is -0.845. The van der Waals surface area contributed by atoms with Gasteiger partial charge in [0.25, 0.3) is 0 Å². The van der Waals surface area contributed by atoms with Crippen molar-refractivity contribution in [2.24, 2.45) is 0 Å². The number of nitrogens with zero attached hydrogens (tertiary/aromatic N) is 2. The number of amides is 1. The van der Waals surface area contributed by atoms with E-state index >= 15 is 0 Å². The van der Waals surface area contributed by atoms with Crippen LogP contribution in [-0.2, 0) is 19.0 Å². The number of nitrogens with one attached hydrogen (secondary N) is 1. The second-order valence-electron chi connectivity index (χ2n) is 9.47. The van der Waals surface area contributed by atoms with E-state index in [9.17, 15) is 9.18 Å². The van der Waals surface area contributed by atoms with Crippen molar-refractivity contribution in [2.45, 2.75) is 81.0 Å². The van der Waals surface area contributed by atoms with E-state index in [1.165, 1.54) is 14.8 Å². The summed E-state index contributed by atoms with van der Waals surface area (Å²) in [6.07, 6.45) is 7.67. The molecule has 2 aliphatic carbocycles. The molecule has 0 spiro atoms. The lowest BCUT2D eigenvalue weighted by molar-refractivity contribution is -0.139. The number of alkyl halides is 1. The predicted molar refractivity (Wildman–Crippen MR) is 132 cm³/mol. The van der Waals surface area contributed by atoms with E-state index < -0.39 is 5.75 Å². The van der Waals surface area contributed by atoms with Gasteiger partial charge in [0.15, 0.2) is 13.6 Å². The van der Waals surface area contributed by atoms with Gasteiger partial charge in [0, 0.05) is 43.6 Å². The van der Waals surface area contributed by atoms with Gasteiger partial charge in [0.05, 0.1) is 35.4 Å². The zero-order chi connectivity index (χ0) is 23.5. The average Bonchev–Trinajstić information content (AvgIpc) is 3.07. The Bertz CT molecular complexity index is 800. The molecule has 3 rings (SSSR count). The van der Waals surface area contributed by atoms with Gasteiger partial charge in [-0.1, -0.05) is 25.1 Å². The fraction of sp³-hybridized carbons (Fsp3) is 0.714. The molecule has 2 fully saturated rings. The lowest BCUT2D eigenvalue weighted by Crippen LogP contribution is -2.42. The maximum absolute atomic E-state index is 13.6. The molecule has 1 amide bonds. The fourth-order valence-corrected chi connectivity index (χ4v) is 4.24. The molecule has 0 aromatic carbocycles. The molecule has 0 aliphatic heterocycles. The van der Waals surface area contributed by atoms with E-state index in [0.717, 1.165) is 37.1 Å². The second kappa shape index (κ2) is 10.6. The van der Waals surface area contributed by atoms with Gasteiger partial charge >= 0.3 is 0 Å². The van der Waals surface area contributed by atoms with Crippen LogP contribution >= 0.6 is 18.5 Å². The molecule has 0 bridgehead atoms. The summed E-state index contributed by atoms with van der Waals surface area (Å²) < 4.78 is 32.2. The van der Waals surface area contributed by atoms with Crippen LogP contribution in [0.5, 0.6) is 0 Å². The fourth-order valence-electron chi connectivity index (χ4n) is 3.85. The van der Waals surface area contributed by atoms with Crippen molar-refractivity contribution < 1.29 is 23.4 Å². The first kappa shape index (κ1) is 25.8. The largest absolute Gasteiger partial charge is 0.368 e. The van der Waals surface area contributed by atoms with Crippen LogP contribution in [0.25, 0.3) is 5.70 Å². The number of hydrogen-bond acceptors (Lipinski definition) is 5. The monoisotopic (exact) mass is 485 g/mol. The minimum atomic E-state index is -1.60. The second-order valence-corrected chi connectivity index (χ2v) is 12.4. The lowest BCUT2D eigenvalue weighted by Gasteiger charge is -2.38. The lowest BCUT2D eigenvalue weighted by atomic mass is 9.79. The van der Waals surface area contributed by atoms with Crippen molar-refractivity contribution in [3.63, 3.8) is 0 Å². The minimum absolute atomic E-state index is 0.0543. The summed E-state index contributed by atoms with van der Waals surface area (Å²) in [5.74, 6) is -1.45. The van der Waals surface area contributed by atoms with Crippen molar-refractivity contribution in [2.75, 3.05) is 13.2 Å². The predicted octanol–water partition coefficient (Wildman–Crippen LogP) is 2.39. The third kappa shape index (κ3) is 8.18. The highest BCUT2D eigenvalue weighted by molar-refractivity contribution is 7.39. The van der Waals surface area contributed by atoms with Gasteiger partial charge in [-0.2, -0.15) is 0 Å². The molecule has 1 aromatic rings. The van der Waals surface area contributed by atoms with Gasteiger partial charge in [-0.3, -0.25) is 4.79 Å². The summed E-state index contributed by atoms with van der Waals surface area (Å²) in [5, 5.41) is 2.55. The molecule has 2 aliphatic rings. The molecular weight excluding hydrogens is 450 g/mol. The van der Waals surface area contributed by atoms with Crippen LogP contribution < -0.4 is 5.32 Å². The Kier molecular flexibility index (Phi) is 8.54. The Morgan fingerprint density at radius 3 is 2.56 bits per heavy atom. The molecule has 11 heteroatoms. The molecule has 1 heterocycles. The smallest absolute Gasteiger partial charge is 0.246 e. The summed E-state index contributed by atoms with van der Waals surface area (Å²) in [7, 11) is 6.70. The molecule has 0 saturated heterocycles. The molecule has 0 radical (unpaired) electrons. The van der Waals surface area contributed by atoms with Crippen LogP contribution in [0.1, 0.15) is 57.6 Å². The highest BCUT2D eigenvalue weighted by Gasteiger charge is 2.36. The van der Waals surface area contributed by atoms with Crippen LogP contribution in [0.3, 0.4) is 0 Å². The Morgan fingerprint density at radius 2 is 1.94 bits per heavy atom. The Labute approximate surface area is 195 Å². The Morgan fingerprint density at radius 1 is 1.28 bits per heavy atom. The first-order valence-electron chi connectivity index (χ1n) is 11.1. The first-order chi connectivity index (χ1) is 14.9. The van der Waals surface area contributed by atoms with Gasteiger partial charge in [-0.05, 0) is 26.7 Å². The number of imidazole rings is 1. The summed E-state index contributed by atoms with van der Waals surface area (Å²) in [6, 6.07) is 0. The number of hydrogen-bond donors (Lipinski definition) is 1. The summed E-state index contributed by atoms with van der Waals surface area (Å²) in [5.41, 5.74) is 1.81. The highest BCUT2D eigenvalue weighted by Crippen LogP contribution is 2.40. The van der Waals surface area contributed by atoms with Crippen molar-refractivity contribution in [1.29, 1.82) is 0 Å². The average molecular weight is 485 g/mol. The summed E-state index contributed by atoms with van der Waals surface area (Å²) in [4.78, 5) is 16.5. The first-order valence-corrected chi connectivity index (χ1v) is 12.3. The molecule has 1 N–H and O–H groups in total. The Balaban J connectivity index is 1.28. The maximum atomic E-state index is 13.6. The van der Waals surface area contributed by atoms with E-state index in [4.69, 9.17) is 14.2 Å². The van der Waals surface area contributed by atoms with E-state index in [0.29, 0.717) is 13.0 Å². The van der Waals surface area contributed by atoms with Gasteiger partial charge < -0.3 is 24.1 Å². The SMILES string of the molecule is BC(C)(F)OC1CC(c2cn(C(=C)CCNC(=O)COC3CC(OC(C)(P)P)C3)cn2)C1. The van der Waals surface area contributed by atoms with E-state index in [-0.39, 0.29) is 41.8 Å². The third-order valence-electron chi connectivity index (χ3n) is 5.59. The minimum Gasteiger partial charge on any atom is -0.368 e. The van der Waals surface area contributed by atoms with Crippen LogP contribution in [0.15, 0.2) is 19.1 Å². The van der Waals surface area contributed by atoms with Gasteiger partial charge in [-0.25, -0.2) is 9.37 Å². The van der Waals surface area contributed by atoms with Crippen molar-refractivity contribution >= 4 is 37.9 Å². The topological polar surface area (TPSA) is 74.6 Å². The van der Waals surface area contributed by atoms with E-state index in [1.807, 2.05) is 17.7 Å². The van der Waals surface area contributed by atoms with Crippen LogP contribution in [0.4, 0.5) is 4.39 Å². The van der Waals surface area contributed by atoms with Crippen molar-refractivity contribution in [3.05, 3.63) is 24.8 Å². The van der Waals surface area contributed by atoms with E-state index in [2.05, 4.69) is 35.4 Å². The van der Waals surface area contributed by atoms with Gasteiger partial charge in [-0.15, -0.1) is 0 Å². The number of rotatable bonds is 12. The number of ether oxygens (including phenoxy) is 3. The zero-order valence-corrected chi connectivity index (χ0v) is 21.5. The van der Waals surface area contributed by atoms with Gasteiger partial charge in [0.2, 0.25) is 5.91 Å². The number of aromatic nitrogens is 2. The quantitative estimate of drug-likeness (QED) is 0.364. The van der Waals surface area contributed by atoms with E-state index in [1.54, 1.807) is 6.33 Å². The molecular formula is C21H35BFN3O4P2. The van der Waals surface area contributed by atoms with Crippen LogP contribution in [-0.4, -0.2) is 65.6 Å². The van der Waals surface area contributed by atoms with Gasteiger partial charge in [0.1, 0.15) is 6.61 Å². The summed E-state index contributed by atoms with van der Waals surface area (Å²) in [6.45, 7) is 8.01. The van der Waals surface area contributed by atoms with Crippen LogP contribution in [0.2, 0.25) is 0 Å². The maximum Gasteiger partial charge on any atom is 0.246 e. The third-order valence-corrected chi connectivity index (χ3v) is 5.86. The number of carbonyl (C=O) groups excluding carboxylic acids is 1.